The molecule has 6 heterocycles. The SMILES string of the molecule is C1=Cc2c(n(-c3ccc(Cc4cc(Cc5ccc(-n6c7ccccc7c7ccncc76)cc5)cc(Cc5ccc(-n6c7ccccc7c7ccncc76)cc5)c4)cc3)c3ccccc23)CN1. The Morgan fingerprint density at radius 1 is 0.379 bits per heavy atom. The molecule has 6 heteroatoms. The summed E-state index contributed by atoms with van der Waals surface area (Å²) in [5.41, 5.74) is 19.7. The quantitative estimate of drug-likeness (QED) is 0.157. The van der Waals surface area contributed by atoms with Gasteiger partial charge in [0, 0.05) is 62.0 Å². The van der Waals surface area contributed by atoms with Gasteiger partial charge >= 0.3 is 0 Å². The van der Waals surface area contributed by atoms with E-state index in [2.05, 4.69) is 217 Å². The third-order valence-corrected chi connectivity index (χ3v) is 13.5. The van der Waals surface area contributed by atoms with Crippen molar-refractivity contribution in [2.45, 2.75) is 25.8 Å². The summed E-state index contributed by atoms with van der Waals surface area (Å²) in [6.45, 7) is 0.804. The highest BCUT2D eigenvalue weighted by molar-refractivity contribution is 6.10. The fourth-order valence-electron chi connectivity index (χ4n) is 10.6. The van der Waals surface area contributed by atoms with Gasteiger partial charge in [0.2, 0.25) is 0 Å². The highest BCUT2D eigenvalue weighted by Gasteiger charge is 2.19. The van der Waals surface area contributed by atoms with Gasteiger partial charge in [0.1, 0.15) is 0 Å². The molecule has 0 atom stereocenters. The maximum Gasteiger partial charge on any atom is 0.0724 e. The molecule has 0 fully saturated rings. The number of benzene rings is 7. The lowest BCUT2D eigenvalue weighted by molar-refractivity contribution is 0.803. The molecule has 1 N–H and O–H groups in total. The number of hydrogen-bond acceptors (Lipinski definition) is 3. The van der Waals surface area contributed by atoms with E-state index in [0.717, 1.165) is 48.2 Å². The van der Waals surface area contributed by atoms with Gasteiger partial charge in [0.05, 0.1) is 52.2 Å². The van der Waals surface area contributed by atoms with Crippen LogP contribution in [0.2, 0.25) is 0 Å². The Bertz CT molecular complexity index is 3540. The molecule has 7 aromatic carbocycles. The van der Waals surface area contributed by atoms with E-state index in [4.69, 9.17) is 0 Å². The monoisotopic (exact) mass is 848 g/mol. The summed E-state index contributed by atoms with van der Waals surface area (Å²) in [4.78, 5) is 8.99. The first-order chi connectivity index (χ1) is 32.7. The van der Waals surface area contributed by atoms with Gasteiger partial charge in [-0.2, -0.15) is 0 Å². The van der Waals surface area contributed by atoms with Crippen molar-refractivity contribution in [3.63, 3.8) is 0 Å². The summed E-state index contributed by atoms with van der Waals surface area (Å²) in [6.07, 6.45) is 14.5. The average molecular weight is 849 g/mol. The van der Waals surface area contributed by atoms with Crippen LogP contribution in [0.5, 0.6) is 0 Å². The van der Waals surface area contributed by atoms with E-state index in [-0.39, 0.29) is 0 Å². The van der Waals surface area contributed by atoms with Crippen molar-refractivity contribution in [3.8, 4) is 17.1 Å². The molecule has 6 nitrogen and oxygen atoms in total. The summed E-state index contributed by atoms with van der Waals surface area (Å²) in [5.74, 6) is 0. The summed E-state index contributed by atoms with van der Waals surface area (Å²) >= 11 is 0. The molecule has 0 saturated heterocycles. The topological polar surface area (TPSA) is 52.6 Å². The molecule has 5 aromatic heterocycles. The molecule has 0 saturated carbocycles. The number of aromatic nitrogens is 5. The molecule has 0 aliphatic carbocycles. The first kappa shape index (κ1) is 38.0. The molecule has 0 amide bonds. The maximum absolute atomic E-state index is 4.49. The van der Waals surface area contributed by atoms with E-state index in [1.165, 1.54) is 93.8 Å². The van der Waals surface area contributed by atoms with Gasteiger partial charge < -0.3 is 19.0 Å². The van der Waals surface area contributed by atoms with Crippen molar-refractivity contribution >= 4 is 60.6 Å². The normalized spacial score (nSPS) is 12.4. The van der Waals surface area contributed by atoms with Crippen LogP contribution >= 0.6 is 0 Å². The average Bonchev–Trinajstić information content (AvgIpc) is 4.01. The van der Waals surface area contributed by atoms with Crippen LogP contribution in [0.3, 0.4) is 0 Å². The lowest BCUT2D eigenvalue weighted by Crippen LogP contribution is -2.13. The zero-order valence-corrected chi connectivity index (χ0v) is 36.3. The van der Waals surface area contributed by atoms with Crippen LogP contribution in [0.4, 0.5) is 0 Å². The van der Waals surface area contributed by atoms with Crippen molar-refractivity contribution in [1.82, 2.24) is 29.0 Å². The second kappa shape index (κ2) is 15.6. The van der Waals surface area contributed by atoms with E-state index in [9.17, 15) is 0 Å². The summed E-state index contributed by atoms with van der Waals surface area (Å²) in [7, 11) is 0. The van der Waals surface area contributed by atoms with Crippen LogP contribution in [0.1, 0.15) is 44.6 Å². The molecule has 0 radical (unpaired) electrons. The minimum Gasteiger partial charge on any atom is -0.385 e. The van der Waals surface area contributed by atoms with E-state index < -0.39 is 0 Å². The Kier molecular flexibility index (Phi) is 9.01. The summed E-state index contributed by atoms with van der Waals surface area (Å²) < 4.78 is 7.07. The largest absolute Gasteiger partial charge is 0.385 e. The van der Waals surface area contributed by atoms with Crippen molar-refractivity contribution in [2.75, 3.05) is 0 Å². The standard InChI is InChI=1S/C60H44N6/c1-4-10-55-49(7-1)52-25-28-61-37-58(52)64(55)46-19-13-40(14-20-46)31-43-34-44(32-41-15-21-47(22-16-41)65-56-11-5-2-8-50(56)53-26-29-62-38-59(53)65)36-45(35-43)33-42-17-23-48(24-18-42)66-57-12-6-3-9-51(57)54-27-30-63-39-60(54)66/h1-30,34-38,63H,31-33,39H2. The molecule has 1 aliphatic rings. The van der Waals surface area contributed by atoms with E-state index >= 15 is 0 Å². The molecule has 12 aromatic rings. The Morgan fingerprint density at radius 3 is 1.24 bits per heavy atom. The Balaban J connectivity index is 0.831. The van der Waals surface area contributed by atoms with Gasteiger partial charge in [-0.05, 0) is 132 Å². The zero-order chi connectivity index (χ0) is 43.6. The van der Waals surface area contributed by atoms with E-state index in [0.29, 0.717) is 0 Å². The number of pyridine rings is 2. The minimum atomic E-state index is 0.804. The Labute approximate surface area is 382 Å². The number of nitrogens with one attached hydrogen (secondary N) is 1. The number of rotatable bonds is 9. The molecule has 13 rings (SSSR count). The number of fused-ring (bicyclic) bond motifs is 9. The van der Waals surface area contributed by atoms with Crippen LogP contribution in [-0.2, 0) is 25.8 Å². The summed E-state index contributed by atoms with van der Waals surface area (Å²) in [6, 6.07) is 64.8. The van der Waals surface area contributed by atoms with Crippen LogP contribution in [-0.4, -0.2) is 23.7 Å². The molecular formula is C60H44N6. The molecule has 314 valence electrons. The van der Waals surface area contributed by atoms with Crippen LogP contribution in [0, 0.1) is 0 Å². The third kappa shape index (κ3) is 6.49. The van der Waals surface area contributed by atoms with E-state index in [1.54, 1.807) is 0 Å². The highest BCUT2D eigenvalue weighted by atomic mass is 15.0. The van der Waals surface area contributed by atoms with Gasteiger partial charge in [0.15, 0.2) is 0 Å². The number of nitrogens with zero attached hydrogens (tertiary/aromatic N) is 5. The van der Waals surface area contributed by atoms with Crippen molar-refractivity contribution in [3.05, 3.63) is 252 Å². The Hall–Kier alpha value is -8.48. The number of para-hydroxylation sites is 3. The van der Waals surface area contributed by atoms with Crippen LogP contribution in [0.15, 0.2) is 207 Å². The van der Waals surface area contributed by atoms with Gasteiger partial charge in [-0.3, -0.25) is 9.97 Å². The van der Waals surface area contributed by atoms with Crippen molar-refractivity contribution in [1.29, 1.82) is 0 Å². The fourth-order valence-corrected chi connectivity index (χ4v) is 10.6. The Morgan fingerprint density at radius 2 is 0.773 bits per heavy atom. The lowest BCUT2D eigenvalue weighted by Gasteiger charge is -2.15. The predicted octanol–water partition coefficient (Wildman–Crippen LogP) is 13.5. The number of hydrogen-bond donors (Lipinski definition) is 1. The molecular weight excluding hydrogens is 805 g/mol. The predicted molar refractivity (Wildman–Crippen MR) is 271 cm³/mol. The second-order valence-electron chi connectivity index (χ2n) is 17.6. The van der Waals surface area contributed by atoms with Gasteiger partial charge in [-0.15, -0.1) is 0 Å². The molecule has 0 unspecified atom stereocenters. The minimum absolute atomic E-state index is 0.804. The van der Waals surface area contributed by atoms with Gasteiger partial charge in [-0.1, -0.05) is 109 Å². The molecule has 0 spiro atoms. The van der Waals surface area contributed by atoms with Crippen molar-refractivity contribution in [2.24, 2.45) is 0 Å². The first-order valence-corrected chi connectivity index (χ1v) is 22.8. The molecule has 66 heavy (non-hydrogen) atoms. The molecule has 0 bridgehead atoms. The van der Waals surface area contributed by atoms with Gasteiger partial charge in [-0.25, -0.2) is 0 Å². The first-order valence-electron chi connectivity index (χ1n) is 22.8. The zero-order valence-electron chi connectivity index (χ0n) is 36.3. The third-order valence-electron chi connectivity index (χ3n) is 13.5. The maximum atomic E-state index is 4.49. The summed E-state index contributed by atoms with van der Waals surface area (Å²) in [5, 5.41) is 9.64. The van der Waals surface area contributed by atoms with Crippen LogP contribution in [0.25, 0.3) is 77.7 Å². The van der Waals surface area contributed by atoms with E-state index in [1.807, 2.05) is 24.8 Å². The smallest absolute Gasteiger partial charge is 0.0724 e. The lowest BCUT2D eigenvalue weighted by atomic mass is 9.94. The van der Waals surface area contributed by atoms with Crippen molar-refractivity contribution < 1.29 is 0 Å². The molecule has 1 aliphatic heterocycles. The van der Waals surface area contributed by atoms with Gasteiger partial charge in [0.25, 0.3) is 0 Å². The fraction of sp³-hybridized carbons (Fsp3) is 0.0667. The highest BCUT2D eigenvalue weighted by Crippen LogP contribution is 2.35. The second-order valence-corrected chi connectivity index (χ2v) is 17.6. The van der Waals surface area contributed by atoms with Crippen LogP contribution < -0.4 is 5.32 Å².